The van der Waals surface area contributed by atoms with Crippen molar-refractivity contribution >= 4 is 44.9 Å². The Bertz CT molecular complexity index is 643. The summed E-state index contributed by atoms with van der Waals surface area (Å²) < 4.78 is 7.19. The molecule has 2 aromatic rings. The third-order valence-electron chi connectivity index (χ3n) is 2.71. The molecule has 0 unspecified atom stereocenters. The SMILES string of the molecule is COCCn1ncc(Br)c1C(=O)c1cccc(Cl)c1Cl. The normalized spacial score (nSPS) is 10.8. The molecule has 0 bridgehead atoms. The molecule has 0 saturated heterocycles. The van der Waals surface area contributed by atoms with Crippen molar-refractivity contribution in [3.05, 3.63) is 50.2 Å². The van der Waals surface area contributed by atoms with Crippen molar-refractivity contribution in [2.75, 3.05) is 13.7 Å². The molecular weight excluding hydrogens is 367 g/mol. The average Bonchev–Trinajstić information content (AvgIpc) is 2.80. The number of carbonyl (C=O) groups is 1. The van der Waals surface area contributed by atoms with Crippen LogP contribution in [-0.4, -0.2) is 29.3 Å². The van der Waals surface area contributed by atoms with E-state index in [4.69, 9.17) is 27.9 Å². The molecule has 0 amide bonds. The second-order valence-electron chi connectivity index (χ2n) is 3.99. The Morgan fingerprint density at radius 3 is 2.90 bits per heavy atom. The summed E-state index contributed by atoms with van der Waals surface area (Å²) in [5.41, 5.74) is 0.769. The number of halogens is 3. The fourth-order valence-electron chi connectivity index (χ4n) is 1.74. The number of rotatable bonds is 5. The first-order valence-corrected chi connectivity index (χ1v) is 7.30. The number of carbonyl (C=O) groups excluding carboxylic acids is 1. The molecule has 0 saturated carbocycles. The number of methoxy groups -OCH3 is 1. The fraction of sp³-hybridized carbons (Fsp3) is 0.231. The lowest BCUT2D eigenvalue weighted by Gasteiger charge is -2.08. The zero-order valence-corrected chi connectivity index (χ0v) is 13.7. The Morgan fingerprint density at radius 1 is 1.45 bits per heavy atom. The lowest BCUT2D eigenvalue weighted by Crippen LogP contribution is -2.15. The largest absolute Gasteiger partial charge is 0.383 e. The molecule has 1 aromatic heterocycles. The minimum absolute atomic E-state index is 0.238. The Morgan fingerprint density at radius 2 is 2.20 bits per heavy atom. The monoisotopic (exact) mass is 376 g/mol. The van der Waals surface area contributed by atoms with E-state index in [9.17, 15) is 4.79 Å². The van der Waals surface area contributed by atoms with Crippen molar-refractivity contribution < 1.29 is 9.53 Å². The van der Waals surface area contributed by atoms with Gasteiger partial charge >= 0.3 is 0 Å². The van der Waals surface area contributed by atoms with Gasteiger partial charge in [-0.1, -0.05) is 29.3 Å². The van der Waals surface area contributed by atoms with E-state index in [1.807, 2.05) is 0 Å². The number of benzene rings is 1. The molecule has 2 rings (SSSR count). The van der Waals surface area contributed by atoms with Crippen molar-refractivity contribution in [2.45, 2.75) is 6.54 Å². The molecule has 106 valence electrons. The van der Waals surface area contributed by atoms with Crippen molar-refractivity contribution in [2.24, 2.45) is 0 Å². The van der Waals surface area contributed by atoms with Gasteiger partial charge in [-0.05, 0) is 28.1 Å². The molecule has 0 radical (unpaired) electrons. The molecule has 20 heavy (non-hydrogen) atoms. The first-order chi connectivity index (χ1) is 9.56. The Hall–Kier alpha value is -0.880. The van der Waals surface area contributed by atoms with Crippen LogP contribution >= 0.6 is 39.1 Å². The lowest BCUT2D eigenvalue weighted by atomic mass is 10.1. The maximum Gasteiger partial charge on any atom is 0.213 e. The van der Waals surface area contributed by atoms with Gasteiger partial charge < -0.3 is 4.74 Å². The van der Waals surface area contributed by atoms with Gasteiger partial charge in [-0.15, -0.1) is 0 Å². The van der Waals surface area contributed by atoms with Crippen molar-refractivity contribution in [1.29, 1.82) is 0 Å². The van der Waals surface area contributed by atoms with Crippen LogP contribution in [-0.2, 0) is 11.3 Å². The molecule has 0 atom stereocenters. The molecule has 7 heteroatoms. The first-order valence-electron chi connectivity index (χ1n) is 5.75. The van der Waals surface area contributed by atoms with Crippen molar-refractivity contribution in [3.63, 3.8) is 0 Å². The summed E-state index contributed by atoms with van der Waals surface area (Å²) in [6, 6.07) is 4.96. The van der Waals surface area contributed by atoms with E-state index in [0.29, 0.717) is 33.9 Å². The molecule has 0 spiro atoms. The van der Waals surface area contributed by atoms with Gasteiger partial charge in [0.05, 0.1) is 33.9 Å². The quantitative estimate of drug-likeness (QED) is 0.743. The standard InChI is InChI=1S/C13H11BrCl2N2O2/c1-20-6-5-18-12(9(14)7-17-18)13(19)8-3-2-4-10(15)11(8)16/h2-4,7H,5-6H2,1H3. The van der Waals surface area contributed by atoms with Crippen LogP contribution in [0.15, 0.2) is 28.9 Å². The zero-order valence-electron chi connectivity index (χ0n) is 10.6. The van der Waals surface area contributed by atoms with Crippen LogP contribution in [0.25, 0.3) is 0 Å². The smallest absolute Gasteiger partial charge is 0.213 e. The van der Waals surface area contributed by atoms with E-state index in [0.717, 1.165) is 0 Å². The predicted octanol–water partition coefficient (Wildman–Crippen LogP) is 3.83. The van der Waals surface area contributed by atoms with Crippen LogP contribution in [0.1, 0.15) is 16.1 Å². The van der Waals surface area contributed by atoms with Gasteiger partial charge in [-0.25, -0.2) is 0 Å². The van der Waals surface area contributed by atoms with Crippen LogP contribution in [0.5, 0.6) is 0 Å². The molecule has 4 nitrogen and oxygen atoms in total. The lowest BCUT2D eigenvalue weighted by molar-refractivity contribution is 0.102. The second-order valence-corrected chi connectivity index (χ2v) is 5.63. The molecule has 1 heterocycles. The number of hydrogen-bond donors (Lipinski definition) is 0. The summed E-state index contributed by atoms with van der Waals surface area (Å²) in [4.78, 5) is 12.6. The summed E-state index contributed by atoms with van der Waals surface area (Å²) >= 11 is 15.4. The Balaban J connectivity index is 2.43. The summed E-state index contributed by atoms with van der Waals surface area (Å²) in [7, 11) is 1.59. The summed E-state index contributed by atoms with van der Waals surface area (Å²) in [6.07, 6.45) is 1.57. The number of hydrogen-bond acceptors (Lipinski definition) is 3. The van der Waals surface area contributed by atoms with E-state index >= 15 is 0 Å². The number of ketones is 1. The van der Waals surface area contributed by atoms with Crippen molar-refractivity contribution in [3.8, 4) is 0 Å². The maximum atomic E-state index is 12.6. The van der Waals surface area contributed by atoms with Gasteiger partial charge in [0.25, 0.3) is 0 Å². The van der Waals surface area contributed by atoms with Crippen molar-refractivity contribution in [1.82, 2.24) is 9.78 Å². The van der Waals surface area contributed by atoms with Crippen LogP contribution in [0, 0.1) is 0 Å². The van der Waals surface area contributed by atoms with Gasteiger partial charge in [0.15, 0.2) is 0 Å². The van der Waals surface area contributed by atoms with E-state index in [1.54, 1.807) is 36.2 Å². The Labute approximate surface area is 134 Å². The highest BCUT2D eigenvalue weighted by Crippen LogP contribution is 2.29. The Kier molecular flexibility index (Phi) is 5.21. The van der Waals surface area contributed by atoms with E-state index < -0.39 is 0 Å². The highest BCUT2D eigenvalue weighted by molar-refractivity contribution is 9.10. The van der Waals surface area contributed by atoms with Gasteiger partial charge in [-0.2, -0.15) is 5.10 Å². The fourth-order valence-corrected chi connectivity index (χ4v) is 2.60. The van der Waals surface area contributed by atoms with Crippen LogP contribution < -0.4 is 0 Å². The maximum absolute atomic E-state index is 12.6. The van der Waals surface area contributed by atoms with Crippen LogP contribution in [0.2, 0.25) is 10.0 Å². The molecule has 0 fully saturated rings. The van der Waals surface area contributed by atoms with Gasteiger partial charge in [-0.3, -0.25) is 9.48 Å². The van der Waals surface area contributed by atoms with E-state index in [1.165, 1.54) is 0 Å². The van der Waals surface area contributed by atoms with E-state index in [-0.39, 0.29) is 10.8 Å². The summed E-state index contributed by atoms with van der Waals surface area (Å²) in [6.45, 7) is 0.930. The van der Waals surface area contributed by atoms with Crippen LogP contribution in [0.4, 0.5) is 0 Å². The predicted molar refractivity (Wildman–Crippen MR) is 81.7 cm³/mol. The molecule has 0 N–H and O–H groups in total. The van der Waals surface area contributed by atoms with Gasteiger partial charge in [0, 0.05) is 12.7 Å². The highest BCUT2D eigenvalue weighted by Gasteiger charge is 2.21. The molecular formula is C13H11BrCl2N2O2. The summed E-state index contributed by atoms with van der Waals surface area (Å²) in [5, 5.41) is 4.73. The second kappa shape index (κ2) is 6.72. The van der Waals surface area contributed by atoms with Gasteiger partial charge in [0.2, 0.25) is 5.78 Å². The van der Waals surface area contributed by atoms with Gasteiger partial charge in [0.1, 0.15) is 5.69 Å². The number of ether oxygens (including phenoxy) is 1. The molecule has 1 aromatic carbocycles. The summed E-state index contributed by atoms with van der Waals surface area (Å²) in [5.74, 6) is -0.238. The minimum Gasteiger partial charge on any atom is -0.383 e. The zero-order chi connectivity index (χ0) is 14.7. The highest BCUT2D eigenvalue weighted by atomic mass is 79.9. The topological polar surface area (TPSA) is 44.1 Å². The van der Waals surface area contributed by atoms with Crippen LogP contribution in [0.3, 0.4) is 0 Å². The number of aromatic nitrogens is 2. The van der Waals surface area contributed by atoms with E-state index in [2.05, 4.69) is 21.0 Å². The molecule has 0 aliphatic carbocycles. The number of nitrogens with zero attached hydrogens (tertiary/aromatic N) is 2. The first kappa shape index (κ1) is 15.5. The third kappa shape index (κ3) is 3.06. The molecule has 0 aliphatic rings. The average molecular weight is 378 g/mol. The molecule has 0 aliphatic heterocycles. The third-order valence-corrected chi connectivity index (χ3v) is 4.11. The minimum atomic E-state index is -0.238.